The third-order valence-corrected chi connectivity index (χ3v) is 4.95. The number of aryl methyl sites for hydroxylation is 1. The van der Waals surface area contributed by atoms with E-state index in [1.54, 1.807) is 32.0 Å². The van der Waals surface area contributed by atoms with Gasteiger partial charge in [0.1, 0.15) is 10.7 Å². The van der Waals surface area contributed by atoms with Crippen molar-refractivity contribution < 1.29 is 12.8 Å². The Morgan fingerprint density at radius 2 is 1.86 bits per heavy atom. The molecule has 2 aromatic carbocycles. The summed E-state index contributed by atoms with van der Waals surface area (Å²) in [6.07, 6.45) is 0. The van der Waals surface area contributed by atoms with Crippen molar-refractivity contribution in [2.45, 2.75) is 24.8 Å². The summed E-state index contributed by atoms with van der Waals surface area (Å²) in [5, 5.41) is 0. The molecule has 0 bridgehead atoms. The van der Waals surface area contributed by atoms with Crippen LogP contribution in [0.1, 0.15) is 24.1 Å². The Kier molecular flexibility index (Phi) is 4.29. The summed E-state index contributed by atoms with van der Waals surface area (Å²) in [5.74, 6) is -0.408. The van der Waals surface area contributed by atoms with Crippen LogP contribution in [0.2, 0.25) is 0 Å². The maximum Gasteiger partial charge on any atom is 0.243 e. The van der Waals surface area contributed by atoms with Crippen molar-refractivity contribution in [2.24, 2.45) is 0 Å². The summed E-state index contributed by atoms with van der Waals surface area (Å²) < 4.78 is 40.7. The van der Waals surface area contributed by atoms with Crippen LogP contribution in [0.25, 0.3) is 0 Å². The fourth-order valence-electron chi connectivity index (χ4n) is 2.18. The molecule has 1 atom stereocenters. The van der Waals surface area contributed by atoms with Gasteiger partial charge in [-0.15, -0.1) is 0 Å². The molecule has 112 valence electrons. The van der Waals surface area contributed by atoms with Gasteiger partial charge in [0.05, 0.1) is 5.69 Å². The number of hydrogen-bond acceptors (Lipinski definition) is 3. The second kappa shape index (κ2) is 5.83. The molecule has 0 amide bonds. The number of benzene rings is 2. The lowest BCUT2D eigenvalue weighted by atomic mass is 10.1. The highest BCUT2D eigenvalue weighted by atomic mass is 32.2. The smallest absolute Gasteiger partial charge is 0.243 e. The molecule has 0 saturated heterocycles. The average molecular weight is 308 g/mol. The SMILES string of the molecule is Cc1cccc(N)c1S(=O)(=O)NC(C)c1cccc(F)c1. The quantitative estimate of drug-likeness (QED) is 0.853. The molecule has 21 heavy (non-hydrogen) atoms. The van der Waals surface area contributed by atoms with Gasteiger partial charge in [0, 0.05) is 6.04 Å². The van der Waals surface area contributed by atoms with E-state index < -0.39 is 21.9 Å². The molecule has 0 heterocycles. The normalized spacial score (nSPS) is 13.1. The second-order valence-corrected chi connectivity index (χ2v) is 6.54. The molecule has 0 spiro atoms. The van der Waals surface area contributed by atoms with Gasteiger partial charge in [-0.2, -0.15) is 0 Å². The van der Waals surface area contributed by atoms with Gasteiger partial charge in [-0.05, 0) is 43.2 Å². The molecular weight excluding hydrogens is 291 g/mol. The minimum Gasteiger partial charge on any atom is -0.398 e. The zero-order valence-corrected chi connectivity index (χ0v) is 12.6. The van der Waals surface area contributed by atoms with Gasteiger partial charge in [0.25, 0.3) is 0 Å². The maximum absolute atomic E-state index is 13.2. The van der Waals surface area contributed by atoms with E-state index in [0.717, 1.165) is 0 Å². The Labute approximate surface area is 123 Å². The van der Waals surface area contributed by atoms with Crippen molar-refractivity contribution in [3.63, 3.8) is 0 Å². The molecule has 0 aliphatic heterocycles. The number of halogens is 1. The number of sulfonamides is 1. The number of nitrogens with one attached hydrogen (secondary N) is 1. The molecular formula is C15H17FN2O2S. The van der Waals surface area contributed by atoms with Gasteiger partial charge in [0.2, 0.25) is 10.0 Å². The third-order valence-electron chi connectivity index (χ3n) is 3.19. The van der Waals surface area contributed by atoms with E-state index in [1.165, 1.54) is 24.3 Å². The van der Waals surface area contributed by atoms with Gasteiger partial charge in [-0.3, -0.25) is 0 Å². The van der Waals surface area contributed by atoms with Crippen molar-refractivity contribution in [3.05, 3.63) is 59.4 Å². The van der Waals surface area contributed by atoms with Crippen molar-refractivity contribution in [1.82, 2.24) is 4.72 Å². The molecule has 3 N–H and O–H groups in total. The van der Waals surface area contributed by atoms with Crippen LogP contribution < -0.4 is 10.5 Å². The largest absolute Gasteiger partial charge is 0.398 e. The predicted molar refractivity (Wildman–Crippen MR) is 80.7 cm³/mol. The molecule has 0 radical (unpaired) electrons. The van der Waals surface area contributed by atoms with Crippen LogP contribution in [-0.2, 0) is 10.0 Å². The van der Waals surface area contributed by atoms with E-state index in [4.69, 9.17) is 5.73 Å². The zero-order chi connectivity index (χ0) is 15.6. The summed E-state index contributed by atoms with van der Waals surface area (Å²) in [5.41, 5.74) is 7.07. The minimum absolute atomic E-state index is 0.0632. The first kappa shape index (κ1) is 15.5. The highest BCUT2D eigenvalue weighted by Gasteiger charge is 2.22. The lowest BCUT2D eigenvalue weighted by Crippen LogP contribution is -2.28. The minimum atomic E-state index is -3.78. The fourth-order valence-corrected chi connectivity index (χ4v) is 3.77. The fraction of sp³-hybridized carbons (Fsp3) is 0.200. The summed E-state index contributed by atoms with van der Waals surface area (Å²) in [6.45, 7) is 3.33. The molecule has 0 aromatic heterocycles. The predicted octanol–water partition coefficient (Wildman–Crippen LogP) is 2.76. The van der Waals surface area contributed by atoms with Crippen LogP contribution >= 0.6 is 0 Å². The monoisotopic (exact) mass is 308 g/mol. The third kappa shape index (κ3) is 3.40. The standard InChI is InChI=1S/C15H17FN2O2S/c1-10-5-3-8-14(17)15(10)21(19,20)18-11(2)12-6-4-7-13(16)9-12/h3-9,11,18H,17H2,1-2H3. The number of nitrogen functional groups attached to an aromatic ring is 1. The number of rotatable bonds is 4. The van der Waals surface area contributed by atoms with E-state index in [9.17, 15) is 12.8 Å². The first-order valence-corrected chi connectivity index (χ1v) is 7.92. The first-order valence-electron chi connectivity index (χ1n) is 6.44. The molecule has 4 nitrogen and oxygen atoms in total. The van der Waals surface area contributed by atoms with Gasteiger partial charge in [-0.25, -0.2) is 17.5 Å². The Bertz CT molecular complexity index is 740. The summed E-state index contributed by atoms with van der Waals surface area (Å²) in [6, 6.07) is 10.2. The lowest BCUT2D eigenvalue weighted by Gasteiger charge is -2.17. The topological polar surface area (TPSA) is 72.2 Å². The summed E-state index contributed by atoms with van der Waals surface area (Å²) >= 11 is 0. The highest BCUT2D eigenvalue weighted by Crippen LogP contribution is 2.24. The molecule has 1 unspecified atom stereocenters. The number of hydrogen-bond donors (Lipinski definition) is 2. The van der Waals surface area contributed by atoms with Crippen LogP contribution in [0.3, 0.4) is 0 Å². The van der Waals surface area contributed by atoms with Gasteiger partial charge in [-0.1, -0.05) is 24.3 Å². The van der Waals surface area contributed by atoms with Gasteiger partial charge < -0.3 is 5.73 Å². The van der Waals surface area contributed by atoms with Crippen LogP contribution in [-0.4, -0.2) is 8.42 Å². The molecule has 2 rings (SSSR count). The maximum atomic E-state index is 13.2. The molecule has 0 saturated carbocycles. The van der Waals surface area contributed by atoms with E-state index in [2.05, 4.69) is 4.72 Å². The van der Waals surface area contributed by atoms with E-state index >= 15 is 0 Å². The van der Waals surface area contributed by atoms with E-state index in [1.807, 2.05) is 0 Å². The van der Waals surface area contributed by atoms with E-state index in [-0.39, 0.29) is 10.6 Å². The first-order chi connectivity index (χ1) is 9.81. The van der Waals surface area contributed by atoms with Gasteiger partial charge >= 0.3 is 0 Å². The summed E-state index contributed by atoms with van der Waals surface area (Å²) in [4.78, 5) is 0.0632. The number of nitrogens with two attached hydrogens (primary N) is 1. The Morgan fingerprint density at radius 3 is 2.48 bits per heavy atom. The Balaban J connectivity index is 2.34. The Morgan fingerprint density at radius 1 is 1.19 bits per heavy atom. The Hall–Kier alpha value is -1.92. The molecule has 0 aliphatic carbocycles. The van der Waals surface area contributed by atoms with Crippen LogP contribution in [0.4, 0.5) is 10.1 Å². The number of anilines is 1. The highest BCUT2D eigenvalue weighted by molar-refractivity contribution is 7.89. The lowest BCUT2D eigenvalue weighted by molar-refractivity contribution is 0.564. The van der Waals surface area contributed by atoms with Crippen molar-refractivity contribution in [3.8, 4) is 0 Å². The molecule has 0 fully saturated rings. The van der Waals surface area contributed by atoms with Crippen LogP contribution in [0, 0.1) is 12.7 Å². The van der Waals surface area contributed by atoms with Crippen LogP contribution in [0.15, 0.2) is 47.4 Å². The molecule has 6 heteroatoms. The van der Waals surface area contributed by atoms with Crippen molar-refractivity contribution >= 4 is 15.7 Å². The van der Waals surface area contributed by atoms with E-state index in [0.29, 0.717) is 11.1 Å². The van der Waals surface area contributed by atoms with Crippen LogP contribution in [0.5, 0.6) is 0 Å². The van der Waals surface area contributed by atoms with Crippen molar-refractivity contribution in [1.29, 1.82) is 0 Å². The second-order valence-electron chi connectivity index (χ2n) is 4.89. The van der Waals surface area contributed by atoms with Crippen molar-refractivity contribution in [2.75, 3.05) is 5.73 Å². The molecule has 2 aromatic rings. The zero-order valence-electron chi connectivity index (χ0n) is 11.8. The average Bonchev–Trinajstić information content (AvgIpc) is 2.37. The summed E-state index contributed by atoms with van der Waals surface area (Å²) in [7, 11) is -3.78. The van der Waals surface area contributed by atoms with Gasteiger partial charge in [0.15, 0.2) is 0 Å². The molecule has 0 aliphatic rings.